The first kappa shape index (κ1) is 21.0. The van der Waals surface area contributed by atoms with Crippen molar-refractivity contribution in [1.82, 2.24) is 19.7 Å². The SMILES string of the molecule is CCNC(=NCCCCSC)N1CCN(S(=O)(=O)Cc2ccon2)CC1. The molecule has 1 N–H and O–H groups in total. The molecule has 26 heavy (non-hydrogen) atoms. The van der Waals surface area contributed by atoms with Crippen LogP contribution in [0.25, 0.3) is 0 Å². The molecule has 0 radical (unpaired) electrons. The zero-order valence-corrected chi connectivity index (χ0v) is 17.2. The second-order valence-corrected chi connectivity index (χ2v) is 9.02. The lowest BCUT2D eigenvalue weighted by molar-refractivity contribution is 0.260. The highest BCUT2D eigenvalue weighted by atomic mass is 32.2. The third-order valence-electron chi connectivity index (χ3n) is 4.11. The number of unbranched alkanes of at least 4 members (excludes halogenated alkanes) is 1. The van der Waals surface area contributed by atoms with Crippen molar-refractivity contribution >= 4 is 27.7 Å². The topological polar surface area (TPSA) is 91.0 Å². The summed E-state index contributed by atoms with van der Waals surface area (Å²) in [4.78, 5) is 6.83. The van der Waals surface area contributed by atoms with Crippen LogP contribution >= 0.6 is 11.8 Å². The molecule has 0 aromatic carbocycles. The van der Waals surface area contributed by atoms with E-state index in [1.807, 2.05) is 18.7 Å². The molecular weight excluding hydrogens is 374 g/mol. The van der Waals surface area contributed by atoms with Crippen molar-refractivity contribution in [2.24, 2.45) is 4.99 Å². The van der Waals surface area contributed by atoms with Crippen LogP contribution in [0.4, 0.5) is 0 Å². The summed E-state index contributed by atoms with van der Waals surface area (Å²) >= 11 is 1.86. The number of piperazine rings is 1. The van der Waals surface area contributed by atoms with Gasteiger partial charge in [-0.1, -0.05) is 5.16 Å². The van der Waals surface area contributed by atoms with Crippen LogP contribution in [0.1, 0.15) is 25.5 Å². The lowest BCUT2D eigenvalue weighted by Gasteiger charge is -2.35. The minimum Gasteiger partial charge on any atom is -0.364 e. The Morgan fingerprint density at radius 1 is 1.35 bits per heavy atom. The van der Waals surface area contributed by atoms with Crippen LogP contribution in [0, 0.1) is 0 Å². The lowest BCUT2D eigenvalue weighted by atomic mass is 10.3. The van der Waals surface area contributed by atoms with Gasteiger partial charge in [0, 0.05) is 45.3 Å². The maximum absolute atomic E-state index is 12.5. The average Bonchev–Trinajstić information content (AvgIpc) is 3.13. The zero-order chi connectivity index (χ0) is 18.8. The van der Waals surface area contributed by atoms with E-state index in [-0.39, 0.29) is 5.75 Å². The van der Waals surface area contributed by atoms with Gasteiger partial charge in [0.2, 0.25) is 10.0 Å². The Bertz CT molecular complexity index is 641. The van der Waals surface area contributed by atoms with Crippen LogP contribution in [-0.2, 0) is 15.8 Å². The van der Waals surface area contributed by atoms with E-state index >= 15 is 0 Å². The number of nitrogens with zero attached hydrogens (tertiary/aromatic N) is 4. The van der Waals surface area contributed by atoms with Gasteiger partial charge in [-0.3, -0.25) is 4.99 Å². The molecule has 1 aliphatic heterocycles. The number of guanidine groups is 1. The summed E-state index contributed by atoms with van der Waals surface area (Å²) in [6.45, 7) is 5.82. The Kier molecular flexibility index (Phi) is 8.73. The Morgan fingerprint density at radius 3 is 2.73 bits per heavy atom. The van der Waals surface area contributed by atoms with Gasteiger partial charge in [-0.25, -0.2) is 8.42 Å². The quantitative estimate of drug-likeness (QED) is 0.377. The Balaban J connectivity index is 1.87. The first-order chi connectivity index (χ1) is 12.6. The summed E-state index contributed by atoms with van der Waals surface area (Å²) < 4.78 is 31.3. The monoisotopic (exact) mass is 403 g/mol. The second-order valence-electron chi connectivity index (χ2n) is 6.07. The van der Waals surface area contributed by atoms with Gasteiger partial charge in [0.15, 0.2) is 5.96 Å². The van der Waals surface area contributed by atoms with E-state index in [4.69, 9.17) is 4.52 Å². The number of aromatic nitrogens is 1. The third kappa shape index (κ3) is 6.48. The molecule has 148 valence electrons. The van der Waals surface area contributed by atoms with Crippen molar-refractivity contribution in [1.29, 1.82) is 0 Å². The number of aliphatic imine (C=N–C) groups is 1. The predicted molar refractivity (Wildman–Crippen MR) is 106 cm³/mol. The summed E-state index contributed by atoms with van der Waals surface area (Å²) in [7, 11) is -3.37. The number of thioether (sulfide) groups is 1. The Hall–Kier alpha value is -1.26. The number of nitrogens with one attached hydrogen (secondary N) is 1. The molecule has 0 saturated carbocycles. The van der Waals surface area contributed by atoms with Gasteiger partial charge in [0.05, 0.1) is 5.69 Å². The average molecular weight is 404 g/mol. The van der Waals surface area contributed by atoms with Crippen molar-refractivity contribution in [3.8, 4) is 0 Å². The molecule has 1 aromatic heterocycles. The highest BCUT2D eigenvalue weighted by Gasteiger charge is 2.28. The summed E-state index contributed by atoms with van der Waals surface area (Å²) in [6.07, 6.45) is 5.74. The van der Waals surface area contributed by atoms with Gasteiger partial charge < -0.3 is 14.7 Å². The third-order valence-corrected chi connectivity index (χ3v) is 6.62. The van der Waals surface area contributed by atoms with Gasteiger partial charge in [0.25, 0.3) is 0 Å². The maximum Gasteiger partial charge on any atom is 0.220 e. The molecule has 0 unspecified atom stereocenters. The zero-order valence-electron chi connectivity index (χ0n) is 15.6. The fourth-order valence-corrected chi connectivity index (χ4v) is 4.65. The van der Waals surface area contributed by atoms with Gasteiger partial charge in [-0.05, 0) is 31.8 Å². The molecule has 1 saturated heterocycles. The molecular formula is C16H29N5O3S2. The first-order valence-electron chi connectivity index (χ1n) is 8.96. The molecule has 8 nitrogen and oxygen atoms in total. The van der Waals surface area contributed by atoms with Crippen molar-refractivity contribution in [3.05, 3.63) is 18.0 Å². The molecule has 0 atom stereocenters. The van der Waals surface area contributed by atoms with E-state index < -0.39 is 10.0 Å². The van der Waals surface area contributed by atoms with Crippen molar-refractivity contribution in [2.45, 2.75) is 25.5 Å². The molecule has 10 heteroatoms. The van der Waals surface area contributed by atoms with Gasteiger partial charge >= 0.3 is 0 Å². The molecule has 1 aliphatic rings. The van der Waals surface area contributed by atoms with Gasteiger partial charge in [-0.15, -0.1) is 0 Å². The fourth-order valence-electron chi connectivity index (χ4n) is 2.74. The second kappa shape index (κ2) is 10.8. The minimum absolute atomic E-state index is 0.118. The van der Waals surface area contributed by atoms with Crippen LogP contribution in [0.3, 0.4) is 0 Å². The van der Waals surface area contributed by atoms with Crippen molar-refractivity contribution in [2.75, 3.05) is 51.3 Å². The number of hydrogen-bond acceptors (Lipinski definition) is 6. The molecule has 0 bridgehead atoms. The van der Waals surface area contributed by atoms with Crippen LogP contribution in [0.5, 0.6) is 0 Å². The van der Waals surface area contributed by atoms with Gasteiger partial charge in [-0.2, -0.15) is 16.1 Å². The standard InChI is InChI=1S/C16H29N5O3S2/c1-3-17-16(18-7-4-5-13-25-2)20-8-10-21(11-9-20)26(22,23)14-15-6-12-24-19-15/h6,12H,3-5,7-11,13-14H2,1-2H3,(H,17,18). The van der Waals surface area contributed by atoms with Crippen LogP contribution in [0.15, 0.2) is 21.8 Å². The van der Waals surface area contributed by atoms with Crippen LogP contribution in [-0.4, -0.2) is 80.0 Å². The van der Waals surface area contributed by atoms with Gasteiger partial charge in [0.1, 0.15) is 12.0 Å². The highest BCUT2D eigenvalue weighted by Crippen LogP contribution is 2.13. The predicted octanol–water partition coefficient (Wildman–Crippen LogP) is 1.23. The normalized spacial score (nSPS) is 16.8. The molecule has 0 amide bonds. The van der Waals surface area contributed by atoms with Crippen molar-refractivity contribution < 1.29 is 12.9 Å². The number of sulfonamides is 1. The Morgan fingerprint density at radius 2 is 2.12 bits per heavy atom. The van der Waals surface area contributed by atoms with E-state index in [1.54, 1.807) is 6.07 Å². The first-order valence-corrected chi connectivity index (χ1v) is 12.0. The highest BCUT2D eigenvalue weighted by molar-refractivity contribution is 7.98. The summed E-state index contributed by atoms with van der Waals surface area (Å²) in [6, 6.07) is 1.58. The largest absolute Gasteiger partial charge is 0.364 e. The van der Waals surface area contributed by atoms with E-state index in [1.165, 1.54) is 10.6 Å². The lowest BCUT2D eigenvalue weighted by Crippen LogP contribution is -2.53. The summed E-state index contributed by atoms with van der Waals surface area (Å²) in [5.41, 5.74) is 0.438. The van der Waals surface area contributed by atoms with E-state index in [2.05, 4.69) is 26.6 Å². The summed E-state index contributed by atoms with van der Waals surface area (Å²) in [5, 5.41) is 7.01. The smallest absolute Gasteiger partial charge is 0.220 e. The number of hydrogen-bond donors (Lipinski definition) is 1. The van der Waals surface area contributed by atoms with E-state index in [9.17, 15) is 8.42 Å². The maximum atomic E-state index is 12.5. The molecule has 1 aromatic rings. The molecule has 2 rings (SSSR count). The molecule has 1 fully saturated rings. The molecule has 0 aliphatic carbocycles. The van der Waals surface area contributed by atoms with Crippen LogP contribution < -0.4 is 5.32 Å². The number of rotatable bonds is 9. The minimum atomic E-state index is -3.37. The van der Waals surface area contributed by atoms with Crippen LogP contribution in [0.2, 0.25) is 0 Å². The molecule has 0 spiro atoms. The fraction of sp³-hybridized carbons (Fsp3) is 0.750. The van der Waals surface area contributed by atoms with Crippen molar-refractivity contribution in [3.63, 3.8) is 0 Å². The van der Waals surface area contributed by atoms with E-state index in [0.717, 1.165) is 37.6 Å². The van der Waals surface area contributed by atoms with E-state index in [0.29, 0.717) is 31.9 Å². The summed E-state index contributed by atoms with van der Waals surface area (Å²) in [5.74, 6) is 1.92. The molecule has 2 heterocycles. The Labute approximate surface area is 160 Å².